The molecule has 104 valence electrons. The predicted molar refractivity (Wildman–Crippen MR) is 75.2 cm³/mol. The molecule has 0 bridgehead atoms. The lowest BCUT2D eigenvalue weighted by molar-refractivity contribution is 0.0642. The first-order valence-electron chi connectivity index (χ1n) is 6.48. The molecule has 0 spiro atoms. The number of benzene rings is 1. The van der Waals surface area contributed by atoms with Crippen LogP contribution >= 0.6 is 11.6 Å². The van der Waals surface area contributed by atoms with E-state index in [0.29, 0.717) is 25.5 Å². The van der Waals surface area contributed by atoms with Crippen molar-refractivity contribution in [1.82, 2.24) is 9.55 Å². The number of nitrogens with zero attached hydrogens (tertiary/aromatic N) is 2. The molecule has 0 radical (unpaired) electrons. The number of fused-ring (bicyclic) bond motifs is 1. The van der Waals surface area contributed by atoms with Gasteiger partial charge in [0, 0.05) is 18.9 Å². The van der Waals surface area contributed by atoms with Gasteiger partial charge in [-0.15, -0.1) is 11.6 Å². The molecule has 1 heterocycles. The Morgan fingerprint density at radius 2 is 2.26 bits per heavy atom. The van der Waals surface area contributed by atoms with Gasteiger partial charge in [0.1, 0.15) is 11.6 Å². The largest absolute Gasteiger partial charge is 0.377 e. The summed E-state index contributed by atoms with van der Waals surface area (Å²) in [6.45, 7) is 5.27. The molecule has 5 heteroatoms. The highest BCUT2D eigenvalue weighted by atomic mass is 35.5. The van der Waals surface area contributed by atoms with E-state index >= 15 is 0 Å². The van der Waals surface area contributed by atoms with Crippen molar-refractivity contribution in [3.8, 4) is 0 Å². The lowest BCUT2D eigenvalue weighted by Crippen LogP contribution is -2.18. The van der Waals surface area contributed by atoms with E-state index in [9.17, 15) is 4.39 Å². The number of alkyl halides is 1. The average molecular weight is 285 g/mol. The number of halogens is 2. The second-order valence-corrected chi connectivity index (χ2v) is 4.85. The van der Waals surface area contributed by atoms with Crippen molar-refractivity contribution < 1.29 is 9.13 Å². The predicted octanol–water partition coefficient (Wildman–Crippen LogP) is 3.38. The second kappa shape index (κ2) is 6.35. The van der Waals surface area contributed by atoms with Crippen molar-refractivity contribution in [1.29, 1.82) is 0 Å². The van der Waals surface area contributed by atoms with E-state index in [4.69, 9.17) is 16.3 Å². The van der Waals surface area contributed by atoms with Crippen LogP contribution in [0.4, 0.5) is 4.39 Å². The minimum atomic E-state index is -0.255. The van der Waals surface area contributed by atoms with Crippen molar-refractivity contribution in [2.75, 3.05) is 12.5 Å². The van der Waals surface area contributed by atoms with Gasteiger partial charge in [0.15, 0.2) is 0 Å². The summed E-state index contributed by atoms with van der Waals surface area (Å²) < 4.78 is 21.0. The summed E-state index contributed by atoms with van der Waals surface area (Å²) in [4.78, 5) is 4.51. The molecule has 0 saturated carbocycles. The topological polar surface area (TPSA) is 27.1 Å². The molecule has 1 atom stereocenters. The maximum atomic E-state index is 13.4. The summed E-state index contributed by atoms with van der Waals surface area (Å²) in [6, 6.07) is 4.64. The van der Waals surface area contributed by atoms with E-state index in [-0.39, 0.29) is 11.9 Å². The summed E-state index contributed by atoms with van der Waals surface area (Å²) in [5.41, 5.74) is 1.59. The fourth-order valence-electron chi connectivity index (χ4n) is 2.22. The molecule has 2 rings (SSSR count). The van der Waals surface area contributed by atoms with Crippen molar-refractivity contribution in [3.63, 3.8) is 0 Å². The Labute approximate surface area is 117 Å². The molecule has 3 nitrogen and oxygen atoms in total. The molecular formula is C14H18ClFN2O. The van der Waals surface area contributed by atoms with Crippen LogP contribution in [0.1, 0.15) is 19.7 Å². The van der Waals surface area contributed by atoms with Crippen molar-refractivity contribution in [2.45, 2.75) is 32.9 Å². The summed E-state index contributed by atoms with van der Waals surface area (Å²) in [5, 5.41) is 0. The minimum Gasteiger partial charge on any atom is -0.377 e. The molecule has 19 heavy (non-hydrogen) atoms. The SMILES string of the molecule is CCOC(C)Cn1c(CCCl)nc2ccc(F)cc21. The normalized spacial score (nSPS) is 13.1. The molecule has 2 aromatic rings. The van der Waals surface area contributed by atoms with Crippen LogP contribution in [0.25, 0.3) is 11.0 Å². The Morgan fingerprint density at radius 1 is 1.47 bits per heavy atom. The molecule has 1 unspecified atom stereocenters. The van der Waals surface area contributed by atoms with Crippen molar-refractivity contribution in [2.24, 2.45) is 0 Å². The molecule has 0 aliphatic carbocycles. The molecule has 0 amide bonds. The van der Waals surface area contributed by atoms with E-state index in [1.54, 1.807) is 6.07 Å². The number of rotatable bonds is 6. The van der Waals surface area contributed by atoms with Gasteiger partial charge in [-0.05, 0) is 32.0 Å². The molecule has 0 saturated heterocycles. The van der Waals surface area contributed by atoms with E-state index in [2.05, 4.69) is 4.98 Å². The first-order chi connectivity index (χ1) is 9.15. The third kappa shape index (κ3) is 3.25. The number of hydrogen-bond acceptors (Lipinski definition) is 2. The van der Waals surface area contributed by atoms with Gasteiger partial charge in [-0.2, -0.15) is 0 Å². The zero-order valence-corrected chi connectivity index (χ0v) is 12.0. The van der Waals surface area contributed by atoms with Gasteiger partial charge in [-0.3, -0.25) is 0 Å². The van der Waals surface area contributed by atoms with Crippen LogP contribution in [0.15, 0.2) is 18.2 Å². The summed E-state index contributed by atoms with van der Waals surface area (Å²) in [7, 11) is 0. The first-order valence-corrected chi connectivity index (χ1v) is 7.01. The monoisotopic (exact) mass is 284 g/mol. The van der Waals surface area contributed by atoms with Crippen LogP contribution in [-0.2, 0) is 17.7 Å². The second-order valence-electron chi connectivity index (χ2n) is 4.48. The van der Waals surface area contributed by atoms with E-state index in [1.165, 1.54) is 12.1 Å². The molecule has 0 aliphatic rings. The van der Waals surface area contributed by atoms with Gasteiger partial charge in [0.25, 0.3) is 0 Å². The number of aromatic nitrogens is 2. The van der Waals surface area contributed by atoms with Crippen molar-refractivity contribution >= 4 is 22.6 Å². The molecule has 0 aliphatic heterocycles. The van der Waals surface area contributed by atoms with Crippen LogP contribution in [-0.4, -0.2) is 28.1 Å². The molecule has 1 aromatic carbocycles. The van der Waals surface area contributed by atoms with Crippen molar-refractivity contribution in [3.05, 3.63) is 29.8 Å². The number of imidazole rings is 1. The third-order valence-corrected chi connectivity index (χ3v) is 3.19. The Kier molecular flexibility index (Phi) is 4.77. The highest BCUT2D eigenvalue weighted by Crippen LogP contribution is 2.19. The van der Waals surface area contributed by atoms with Gasteiger partial charge in [-0.25, -0.2) is 9.37 Å². The van der Waals surface area contributed by atoms with Crippen LogP contribution in [0.3, 0.4) is 0 Å². The van der Waals surface area contributed by atoms with Crippen LogP contribution < -0.4 is 0 Å². The fraction of sp³-hybridized carbons (Fsp3) is 0.500. The van der Waals surface area contributed by atoms with Gasteiger partial charge in [-0.1, -0.05) is 0 Å². The Hall–Kier alpha value is -1.13. The highest BCUT2D eigenvalue weighted by Gasteiger charge is 2.13. The van der Waals surface area contributed by atoms with Gasteiger partial charge in [0.2, 0.25) is 0 Å². The summed E-state index contributed by atoms with van der Waals surface area (Å²) in [5.74, 6) is 1.12. The van der Waals surface area contributed by atoms with Crippen LogP contribution in [0.2, 0.25) is 0 Å². The molecule has 0 fully saturated rings. The Morgan fingerprint density at radius 3 is 2.95 bits per heavy atom. The van der Waals surface area contributed by atoms with Gasteiger partial charge in [0.05, 0.1) is 23.7 Å². The molecular weight excluding hydrogens is 267 g/mol. The smallest absolute Gasteiger partial charge is 0.125 e. The zero-order valence-electron chi connectivity index (χ0n) is 11.2. The lowest BCUT2D eigenvalue weighted by Gasteiger charge is -2.15. The Balaban J connectivity index is 2.41. The lowest BCUT2D eigenvalue weighted by atomic mass is 10.3. The summed E-state index contributed by atoms with van der Waals surface area (Å²) in [6.07, 6.45) is 0.719. The van der Waals surface area contributed by atoms with E-state index in [1.807, 2.05) is 18.4 Å². The van der Waals surface area contributed by atoms with Crippen LogP contribution in [0.5, 0.6) is 0 Å². The average Bonchev–Trinajstić information content (AvgIpc) is 2.68. The first kappa shape index (κ1) is 14.3. The number of hydrogen-bond donors (Lipinski definition) is 0. The maximum absolute atomic E-state index is 13.4. The standard InChI is InChI=1S/C14H18ClFN2O/c1-3-19-10(2)9-18-13-8-11(16)4-5-12(13)17-14(18)6-7-15/h4-5,8,10H,3,6-7,9H2,1-2H3. The zero-order chi connectivity index (χ0) is 13.8. The number of ether oxygens (including phenoxy) is 1. The van der Waals surface area contributed by atoms with Gasteiger partial charge >= 0.3 is 0 Å². The Bertz CT molecular complexity index is 556. The highest BCUT2D eigenvalue weighted by molar-refractivity contribution is 6.17. The fourth-order valence-corrected chi connectivity index (χ4v) is 2.39. The summed E-state index contributed by atoms with van der Waals surface area (Å²) >= 11 is 5.81. The number of aryl methyl sites for hydroxylation is 1. The maximum Gasteiger partial charge on any atom is 0.125 e. The van der Waals surface area contributed by atoms with E-state index in [0.717, 1.165) is 16.9 Å². The molecule has 0 N–H and O–H groups in total. The van der Waals surface area contributed by atoms with E-state index < -0.39 is 0 Å². The third-order valence-electron chi connectivity index (χ3n) is 3.00. The van der Waals surface area contributed by atoms with Gasteiger partial charge < -0.3 is 9.30 Å². The van der Waals surface area contributed by atoms with Crippen LogP contribution in [0, 0.1) is 5.82 Å². The minimum absolute atomic E-state index is 0.0553. The quantitative estimate of drug-likeness (QED) is 0.761. The molecule has 1 aromatic heterocycles.